The SMILES string of the molecule is CCc1ccc([C@H](NCC(=O)Nc2cc(Cl)ccc2OC)c2cccs2)cc1. The van der Waals surface area contributed by atoms with Gasteiger partial charge in [-0.25, -0.2) is 0 Å². The molecular formula is C22H23ClN2O2S. The van der Waals surface area contributed by atoms with E-state index in [0.717, 1.165) is 16.9 Å². The van der Waals surface area contributed by atoms with Crippen molar-refractivity contribution in [3.63, 3.8) is 0 Å². The zero-order valence-electron chi connectivity index (χ0n) is 15.9. The Kier molecular flexibility index (Phi) is 7.09. The molecule has 0 saturated carbocycles. The Morgan fingerprint density at radius 2 is 1.96 bits per heavy atom. The highest BCUT2D eigenvalue weighted by Crippen LogP contribution is 2.28. The maximum Gasteiger partial charge on any atom is 0.238 e. The van der Waals surface area contributed by atoms with E-state index in [4.69, 9.17) is 16.3 Å². The van der Waals surface area contributed by atoms with Crippen molar-refractivity contribution >= 4 is 34.5 Å². The van der Waals surface area contributed by atoms with Crippen LogP contribution in [-0.2, 0) is 11.2 Å². The lowest BCUT2D eigenvalue weighted by Gasteiger charge is -2.19. The van der Waals surface area contributed by atoms with Gasteiger partial charge in [-0.2, -0.15) is 0 Å². The highest BCUT2D eigenvalue weighted by molar-refractivity contribution is 7.10. The number of nitrogens with one attached hydrogen (secondary N) is 2. The number of hydrogen-bond acceptors (Lipinski definition) is 4. The van der Waals surface area contributed by atoms with Crippen LogP contribution in [0, 0.1) is 0 Å². The maximum atomic E-state index is 12.5. The van der Waals surface area contributed by atoms with Gasteiger partial charge in [0.2, 0.25) is 5.91 Å². The Morgan fingerprint density at radius 1 is 1.18 bits per heavy atom. The van der Waals surface area contributed by atoms with Gasteiger partial charge in [0, 0.05) is 9.90 Å². The monoisotopic (exact) mass is 414 g/mol. The van der Waals surface area contributed by atoms with E-state index in [1.165, 1.54) is 5.56 Å². The molecule has 0 bridgehead atoms. The number of methoxy groups -OCH3 is 1. The molecule has 0 aliphatic rings. The summed E-state index contributed by atoms with van der Waals surface area (Å²) in [6, 6.07) is 17.7. The highest BCUT2D eigenvalue weighted by Gasteiger charge is 2.17. The lowest BCUT2D eigenvalue weighted by molar-refractivity contribution is -0.115. The van der Waals surface area contributed by atoms with Gasteiger partial charge in [0.1, 0.15) is 5.75 Å². The number of hydrogen-bond donors (Lipinski definition) is 2. The minimum Gasteiger partial charge on any atom is -0.495 e. The first-order chi connectivity index (χ1) is 13.6. The predicted molar refractivity (Wildman–Crippen MR) is 117 cm³/mol. The van der Waals surface area contributed by atoms with E-state index in [0.29, 0.717) is 16.5 Å². The van der Waals surface area contributed by atoms with Gasteiger partial charge in [0.15, 0.2) is 0 Å². The number of carbonyl (C=O) groups is 1. The minimum atomic E-state index is -0.160. The highest BCUT2D eigenvalue weighted by atomic mass is 35.5. The molecule has 0 spiro atoms. The van der Waals surface area contributed by atoms with Crippen molar-refractivity contribution in [2.75, 3.05) is 19.0 Å². The second-order valence-corrected chi connectivity index (χ2v) is 7.73. The molecule has 2 N–H and O–H groups in total. The fourth-order valence-electron chi connectivity index (χ4n) is 2.95. The predicted octanol–water partition coefficient (Wildman–Crippen LogP) is 5.29. The molecule has 1 heterocycles. The van der Waals surface area contributed by atoms with Gasteiger partial charge in [-0.3, -0.25) is 10.1 Å². The van der Waals surface area contributed by atoms with Gasteiger partial charge >= 0.3 is 0 Å². The van der Waals surface area contributed by atoms with E-state index in [-0.39, 0.29) is 18.5 Å². The third-order valence-electron chi connectivity index (χ3n) is 4.45. The molecule has 3 rings (SSSR count). The molecule has 6 heteroatoms. The smallest absolute Gasteiger partial charge is 0.238 e. The van der Waals surface area contributed by atoms with E-state index < -0.39 is 0 Å². The number of carbonyl (C=O) groups excluding carboxylic acids is 1. The molecule has 4 nitrogen and oxygen atoms in total. The molecule has 146 valence electrons. The quantitative estimate of drug-likeness (QED) is 0.526. The van der Waals surface area contributed by atoms with E-state index in [1.807, 2.05) is 11.4 Å². The van der Waals surface area contributed by atoms with Crippen LogP contribution in [0.2, 0.25) is 5.02 Å². The van der Waals surface area contributed by atoms with Crippen LogP contribution in [0.3, 0.4) is 0 Å². The summed E-state index contributed by atoms with van der Waals surface area (Å²) in [4.78, 5) is 13.7. The maximum absolute atomic E-state index is 12.5. The molecule has 0 unspecified atom stereocenters. The normalized spacial score (nSPS) is 11.8. The second-order valence-electron chi connectivity index (χ2n) is 6.32. The zero-order chi connectivity index (χ0) is 19.9. The van der Waals surface area contributed by atoms with E-state index in [9.17, 15) is 4.79 Å². The van der Waals surface area contributed by atoms with Crippen molar-refractivity contribution in [2.45, 2.75) is 19.4 Å². The molecule has 0 fully saturated rings. The number of rotatable bonds is 8. The first kappa shape index (κ1) is 20.4. The third-order valence-corrected chi connectivity index (χ3v) is 5.62. The van der Waals surface area contributed by atoms with Crippen LogP contribution in [0.1, 0.15) is 29.0 Å². The Balaban J connectivity index is 1.71. The van der Waals surface area contributed by atoms with Gasteiger partial charge < -0.3 is 10.1 Å². The van der Waals surface area contributed by atoms with Crippen LogP contribution < -0.4 is 15.4 Å². The number of amides is 1. The lowest BCUT2D eigenvalue weighted by Crippen LogP contribution is -2.31. The summed E-state index contributed by atoms with van der Waals surface area (Å²) >= 11 is 7.70. The van der Waals surface area contributed by atoms with E-state index in [1.54, 1.807) is 36.6 Å². The summed E-state index contributed by atoms with van der Waals surface area (Å²) < 4.78 is 5.28. The van der Waals surface area contributed by atoms with Crippen LogP contribution >= 0.6 is 22.9 Å². The molecule has 1 aromatic heterocycles. The number of halogens is 1. The number of ether oxygens (including phenoxy) is 1. The largest absolute Gasteiger partial charge is 0.495 e. The summed E-state index contributed by atoms with van der Waals surface area (Å²) in [6.45, 7) is 2.30. The average Bonchev–Trinajstić information content (AvgIpc) is 3.23. The molecule has 0 aliphatic heterocycles. The fourth-order valence-corrected chi connectivity index (χ4v) is 3.95. The van der Waals surface area contributed by atoms with Crippen LogP contribution in [0.4, 0.5) is 5.69 Å². The summed E-state index contributed by atoms with van der Waals surface area (Å²) in [5, 5.41) is 8.82. The average molecular weight is 415 g/mol. The van der Waals surface area contributed by atoms with Crippen molar-refractivity contribution in [3.8, 4) is 5.75 Å². The molecule has 1 amide bonds. The van der Waals surface area contributed by atoms with Gasteiger partial charge in [-0.15, -0.1) is 11.3 Å². The summed E-state index contributed by atoms with van der Waals surface area (Å²) in [5.41, 5.74) is 2.98. The topological polar surface area (TPSA) is 50.4 Å². The van der Waals surface area contributed by atoms with Crippen LogP contribution in [-0.4, -0.2) is 19.6 Å². The molecule has 0 saturated heterocycles. The van der Waals surface area contributed by atoms with Crippen LogP contribution in [0.5, 0.6) is 5.75 Å². The zero-order valence-corrected chi connectivity index (χ0v) is 17.4. The third kappa shape index (κ3) is 5.13. The first-order valence-electron chi connectivity index (χ1n) is 9.09. The van der Waals surface area contributed by atoms with E-state index in [2.05, 4.69) is 47.9 Å². The summed E-state index contributed by atoms with van der Waals surface area (Å²) in [7, 11) is 1.56. The molecular weight excluding hydrogens is 392 g/mol. The molecule has 0 aliphatic carbocycles. The lowest BCUT2D eigenvalue weighted by atomic mass is 10.0. The molecule has 3 aromatic rings. The standard InChI is InChI=1S/C22H23ClN2O2S/c1-3-15-6-8-16(9-7-15)22(20-5-4-12-28-20)24-14-21(26)25-18-13-17(23)10-11-19(18)27-2/h4-13,22,24H,3,14H2,1-2H3,(H,25,26)/t22-/m0/s1. The summed E-state index contributed by atoms with van der Waals surface area (Å²) in [6.07, 6.45) is 1.00. The Bertz CT molecular complexity index is 911. The molecule has 1 atom stereocenters. The van der Waals surface area contributed by atoms with Gasteiger partial charge in [0.25, 0.3) is 0 Å². The molecule has 0 radical (unpaired) electrons. The van der Waals surface area contributed by atoms with Gasteiger partial charge in [-0.05, 0) is 47.2 Å². The Hall–Kier alpha value is -2.34. The Labute approximate surface area is 174 Å². The fraction of sp³-hybridized carbons (Fsp3) is 0.227. The van der Waals surface area contributed by atoms with Gasteiger partial charge in [-0.1, -0.05) is 48.9 Å². The van der Waals surface area contributed by atoms with Crippen molar-refractivity contribution < 1.29 is 9.53 Å². The number of aryl methyl sites for hydroxylation is 1. The van der Waals surface area contributed by atoms with Crippen LogP contribution in [0.25, 0.3) is 0 Å². The van der Waals surface area contributed by atoms with Crippen molar-refractivity contribution in [1.29, 1.82) is 0 Å². The van der Waals surface area contributed by atoms with Crippen molar-refractivity contribution in [1.82, 2.24) is 5.32 Å². The number of anilines is 1. The number of thiophene rings is 1. The number of benzene rings is 2. The second kappa shape index (κ2) is 9.73. The molecule has 2 aromatic carbocycles. The van der Waals surface area contributed by atoms with Crippen molar-refractivity contribution in [3.05, 3.63) is 81.0 Å². The van der Waals surface area contributed by atoms with Gasteiger partial charge in [0.05, 0.1) is 25.4 Å². The summed E-state index contributed by atoms with van der Waals surface area (Å²) in [5.74, 6) is 0.412. The Morgan fingerprint density at radius 3 is 2.61 bits per heavy atom. The first-order valence-corrected chi connectivity index (χ1v) is 10.4. The van der Waals surface area contributed by atoms with Crippen molar-refractivity contribution in [2.24, 2.45) is 0 Å². The molecule has 28 heavy (non-hydrogen) atoms. The van der Waals surface area contributed by atoms with Crippen LogP contribution in [0.15, 0.2) is 60.0 Å². The minimum absolute atomic E-state index is 0.0436. The van der Waals surface area contributed by atoms with E-state index >= 15 is 0 Å².